The van der Waals surface area contributed by atoms with Crippen LogP contribution in [0.15, 0.2) is 71.6 Å². The fraction of sp³-hybridized carbons (Fsp3) is 0.226. The van der Waals surface area contributed by atoms with Gasteiger partial charge in [0, 0.05) is 28.8 Å². The molecule has 0 spiro atoms. The summed E-state index contributed by atoms with van der Waals surface area (Å²) in [5.74, 6) is 8.68. The Balaban J connectivity index is 1.12. The smallest absolute Gasteiger partial charge is 0.184 e. The SMILES string of the molecule is Cc1noc(-c2ccccc2)c1CSC[C@H]1O[C@@H](n2cc(C#Cc3nc4ccccc4[nH]3)c3c(N)ncnc32)[C@H](O)[C@@H]1O. The van der Waals surface area contributed by atoms with Gasteiger partial charge >= 0.3 is 0 Å². The van der Waals surface area contributed by atoms with Crippen molar-refractivity contribution in [3.63, 3.8) is 0 Å². The molecule has 1 fully saturated rings. The first-order valence-corrected chi connectivity index (χ1v) is 14.8. The van der Waals surface area contributed by atoms with E-state index in [1.165, 1.54) is 6.33 Å². The average molecular weight is 594 g/mol. The molecular weight excluding hydrogens is 566 g/mol. The molecule has 7 rings (SSSR count). The summed E-state index contributed by atoms with van der Waals surface area (Å²) in [7, 11) is 0. The molecule has 2 aromatic carbocycles. The number of nitrogen functional groups attached to an aromatic ring is 1. The highest BCUT2D eigenvalue weighted by molar-refractivity contribution is 7.98. The number of H-pyrrole nitrogens is 1. The second kappa shape index (κ2) is 11.2. The molecule has 4 aromatic heterocycles. The van der Waals surface area contributed by atoms with Gasteiger partial charge in [-0.1, -0.05) is 53.5 Å². The second-order valence-electron chi connectivity index (χ2n) is 10.3. The number of ether oxygens (including phenoxy) is 1. The summed E-state index contributed by atoms with van der Waals surface area (Å²) in [6, 6.07) is 17.5. The Morgan fingerprint density at radius 1 is 1.05 bits per heavy atom. The molecule has 1 aliphatic rings. The van der Waals surface area contributed by atoms with Gasteiger partial charge in [0.25, 0.3) is 0 Å². The van der Waals surface area contributed by atoms with Gasteiger partial charge in [-0.2, -0.15) is 11.8 Å². The number of imidazole rings is 1. The van der Waals surface area contributed by atoms with Gasteiger partial charge in [-0.3, -0.25) is 0 Å². The average Bonchev–Trinajstić information content (AvgIpc) is 3.78. The number of aryl methyl sites for hydroxylation is 1. The van der Waals surface area contributed by atoms with E-state index >= 15 is 0 Å². The first-order valence-electron chi connectivity index (χ1n) is 13.7. The van der Waals surface area contributed by atoms with Gasteiger partial charge in [-0.05, 0) is 25.0 Å². The number of aromatic amines is 1. The largest absolute Gasteiger partial charge is 0.387 e. The molecule has 11 nitrogen and oxygen atoms in total. The summed E-state index contributed by atoms with van der Waals surface area (Å²) in [4.78, 5) is 16.3. The van der Waals surface area contributed by atoms with Gasteiger partial charge in [0.1, 0.15) is 30.0 Å². The number of para-hydroxylation sites is 2. The molecule has 1 saturated heterocycles. The fourth-order valence-corrected chi connectivity index (χ4v) is 6.45. The molecule has 43 heavy (non-hydrogen) atoms. The minimum Gasteiger partial charge on any atom is -0.387 e. The van der Waals surface area contributed by atoms with Crippen molar-refractivity contribution in [2.24, 2.45) is 0 Å². The maximum atomic E-state index is 11.1. The lowest BCUT2D eigenvalue weighted by Crippen LogP contribution is -2.32. The van der Waals surface area contributed by atoms with E-state index in [-0.39, 0.29) is 5.82 Å². The molecule has 0 bridgehead atoms. The van der Waals surface area contributed by atoms with Gasteiger partial charge in [-0.15, -0.1) is 0 Å². The number of anilines is 1. The van der Waals surface area contributed by atoms with Crippen LogP contribution in [0, 0.1) is 18.8 Å². The van der Waals surface area contributed by atoms with Crippen LogP contribution in [0.2, 0.25) is 0 Å². The summed E-state index contributed by atoms with van der Waals surface area (Å²) >= 11 is 1.57. The Bertz CT molecular complexity index is 1960. The Morgan fingerprint density at radius 3 is 2.70 bits per heavy atom. The van der Waals surface area contributed by atoms with E-state index in [1.54, 1.807) is 22.5 Å². The van der Waals surface area contributed by atoms with Crippen molar-refractivity contribution in [2.75, 3.05) is 11.5 Å². The summed E-state index contributed by atoms with van der Waals surface area (Å²) in [5, 5.41) is 26.7. The number of aliphatic hydroxyl groups is 2. The lowest BCUT2D eigenvalue weighted by molar-refractivity contribution is -0.0285. The zero-order valence-corrected chi connectivity index (χ0v) is 23.8. The highest BCUT2D eigenvalue weighted by Gasteiger charge is 2.44. The number of hydrogen-bond acceptors (Lipinski definition) is 10. The van der Waals surface area contributed by atoms with Crippen LogP contribution in [0.25, 0.3) is 33.4 Å². The van der Waals surface area contributed by atoms with Crippen molar-refractivity contribution >= 4 is 39.6 Å². The van der Waals surface area contributed by atoms with Gasteiger partial charge in [0.05, 0.1) is 33.8 Å². The van der Waals surface area contributed by atoms with E-state index in [2.05, 4.69) is 36.9 Å². The standard InChI is InChI=1S/C31H27N7O4S/c1-17-20(28(42-37-17)18-7-3-2-4-8-18)14-43-15-23-26(39)27(40)31(41-23)38-13-19(25-29(32)33-16-34-30(25)38)11-12-24-35-21-9-5-6-10-22(21)36-24/h2-10,13,16,23,26-27,31,39-40H,14-15H2,1H3,(H,35,36)(H2,32,33,34)/t23-,26-,27-,31-/m1/s1. The van der Waals surface area contributed by atoms with E-state index in [0.29, 0.717) is 33.9 Å². The number of benzene rings is 2. The number of aromatic nitrogens is 6. The number of fused-ring (bicyclic) bond motifs is 2. The zero-order chi connectivity index (χ0) is 29.5. The molecule has 0 saturated carbocycles. The number of rotatable bonds is 6. The van der Waals surface area contributed by atoms with Crippen LogP contribution in [0.4, 0.5) is 5.82 Å². The van der Waals surface area contributed by atoms with E-state index in [1.807, 2.05) is 61.5 Å². The lowest BCUT2D eigenvalue weighted by Gasteiger charge is -2.17. The Hall–Kier alpha value is -4.67. The third-order valence-electron chi connectivity index (χ3n) is 7.50. The van der Waals surface area contributed by atoms with Crippen LogP contribution in [0.5, 0.6) is 0 Å². The van der Waals surface area contributed by atoms with E-state index in [4.69, 9.17) is 15.0 Å². The monoisotopic (exact) mass is 593 g/mol. The molecule has 0 unspecified atom stereocenters. The van der Waals surface area contributed by atoms with Gasteiger partial charge in [0.15, 0.2) is 17.8 Å². The molecule has 5 heterocycles. The molecule has 216 valence electrons. The van der Waals surface area contributed by atoms with Crippen molar-refractivity contribution in [2.45, 2.75) is 37.2 Å². The quantitative estimate of drug-likeness (QED) is 0.209. The number of aliphatic hydroxyl groups excluding tert-OH is 2. The highest BCUT2D eigenvalue weighted by atomic mass is 32.2. The van der Waals surface area contributed by atoms with Crippen molar-refractivity contribution in [3.05, 3.63) is 89.8 Å². The Morgan fingerprint density at radius 2 is 1.86 bits per heavy atom. The van der Waals surface area contributed by atoms with E-state index in [0.717, 1.165) is 33.6 Å². The van der Waals surface area contributed by atoms with Crippen LogP contribution in [0.3, 0.4) is 0 Å². The summed E-state index contributed by atoms with van der Waals surface area (Å²) in [6.45, 7) is 1.91. The lowest BCUT2D eigenvalue weighted by atomic mass is 10.1. The topological polar surface area (TPSA) is 161 Å². The van der Waals surface area contributed by atoms with E-state index < -0.39 is 24.5 Å². The zero-order valence-electron chi connectivity index (χ0n) is 23.0. The molecule has 4 atom stereocenters. The second-order valence-corrected chi connectivity index (χ2v) is 11.3. The Kier molecular flexibility index (Phi) is 7.08. The molecule has 0 aliphatic carbocycles. The number of nitrogens with one attached hydrogen (secondary N) is 1. The maximum absolute atomic E-state index is 11.1. The number of nitrogens with zero attached hydrogens (tertiary/aromatic N) is 5. The fourth-order valence-electron chi connectivity index (χ4n) is 5.28. The third kappa shape index (κ3) is 5.02. The van der Waals surface area contributed by atoms with E-state index in [9.17, 15) is 10.2 Å². The van der Waals surface area contributed by atoms with Crippen LogP contribution in [0.1, 0.15) is 28.9 Å². The summed E-state index contributed by atoms with van der Waals surface area (Å²) < 4.78 is 13.5. The number of hydrogen-bond donors (Lipinski definition) is 4. The number of thioether (sulfide) groups is 1. The minimum absolute atomic E-state index is 0.246. The van der Waals surface area contributed by atoms with Crippen molar-refractivity contribution < 1.29 is 19.5 Å². The first kappa shape index (κ1) is 27.2. The van der Waals surface area contributed by atoms with Gasteiger partial charge in [-0.25, -0.2) is 15.0 Å². The van der Waals surface area contributed by atoms with Crippen molar-refractivity contribution in [1.82, 2.24) is 29.7 Å². The van der Waals surface area contributed by atoms with Gasteiger partial charge in [0.2, 0.25) is 0 Å². The third-order valence-corrected chi connectivity index (χ3v) is 8.56. The first-order chi connectivity index (χ1) is 21.0. The van der Waals surface area contributed by atoms with Crippen LogP contribution >= 0.6 is 11.8 Å². The molecule has 5 N–H and O–H groups in total. The molecule has 0 radical (unpaired) electrons. The summed E-state index contributed by atoms with van der Waals surface area (Å²) in [5.41, 5.74) is 11.7. The van der Waals surface area contributed by atoms with Crippen LogP contribution in [-0.2, 0) is 10.5 Å². The minimum atomic E-state index is -1.20. The molecule has 1 aliphatic heterocycles. The molecule has 0 amide bonds. The van der Waals surface area contributed by atoms with Crippen molar-refractivity contribution in [3.8, 4) is 23.2 Å². The van der Waals surface area contributed by atoms with Crippen LogP contribution in [-0.4, -0.2) is 63.9 Å². The highest BCUT2D eigenvalue weighted by Crippen LogP contribution is 2.37. The molecular formula is C31H27N7O4S. The maximum Gasteiger partial charge on any atom is 0.184 e. The molecule has 12 heteroatoms. The molecule has 6 aromatic rings. The summed E-state index contributed by atoms with van der Waals surface area (Å²) in [6.07, 6.45) is -0.791. The predicted molar refractivity (Wildman–Crippen MR) is 163 cm³/mol. The van der Waals surface area contributed by atoms with Crippen molar-refractivity contribution in [1.29, 1.82) is 0 Å². The number of nitrogens with two attached hydrogens (primary N) is 1. The predicted octanol–water partition coefficient (Wildman–Crippen LogP) is 3.81. The van der Waals surface area contributed by atoms with Gasteiger partial charge < -0.3 is 34.8 Å². The van der Waals surface area contributed by atoms with Crippen LogP contribution < -0.4 is 5.73 Å². The Labute approximate surface area is 250 Å². The normalized spacial score (nSPS) is 20.1.